The first-order valence-electron chi connectivity index (χ1n) is 10.7. The van der Waals surface area contributed by atoms with Gasteiger partial charge in [0.2, 0.25) is 0 Å². The van der Waals surface area contributed by atoms with Gasteiger partial charge in [0.1, 0.15) is 0 Å². The van der Waals surface area contributed by atoms with Crippen molar-refractivity contribution in [3.8, 4) is 0 Å². The van der Waals surface area contributed by atoms with E-state index in [9.17, 15) is 14.4 Å². The lowest BCUT2D eigenvalue weighted by Gasteiger charge is -2.20. The first kappa shape index (κ1) is 22.7. The fraction of sp³-hybridized carbons (Fsp3) is 0.280. The number of amides is 3. The molecule has 0 spiro atoms. The Morgan fingerprint density at radius 2 is 1.85 bits per heavy atom. The number of carbonyl (C=O) groups excluding carboxylic acids is 3. The zero-order valence-corrected chi connectivity index (χ0v) is 19.5. The second kappa shape index (κ2) is 8.83. The molecule has 1 aliphatic heterocycles. The zero-order chi connectivity index (χ0) is 23.8. The Hall–Kier alpha value is -3.45. The quantitative estimate of drug-likeness (QED) is 0.422. The molecule has 7 nitrogen and oxygen atoms in total. The number of hydrogen-bond donors (Lipinski definition) is 1. The van der Waals surface area contributed by atoms with Gasteiger partial charge in [0, 0.05) is 34.7 Å². The smallest absolute Gasteiger partial charge is 0.325 e. The van der Waals surface area contributed by atoms with Crippen molar-refractivity contribution in [1.82, 2.24) is 19.8 Å². The van der Waals surface area contributed by atoms with Gasteiger partial charge in [-0.2, -0.15) is 0 Å². The topological polar surface area (TPSA) is 84.3 Å². The van der Waals surface area contributed by atoms with Gasteiger partial charge >= 0.3 is 6.03 Å². The fourth-order valence-corrected chi connectivity index (χ4v) is 4.35. The number of imide groups is 1. The van der Waals surface area contributed by atoms with Gasteiger partial charge in [-0.25, -0.2) is 4.79 Å². The van der Waals surface area contributed by atoms with Crippen molar-refractivity contribution < 1.29 is 14.4 Å². The number of ketones is 1. The van der Waals surface area contributed by atoms with Crippen LogP contribution in [-0.4, -0.2) is 38.7 Å². The second-order valence-corrected chi connectivity index (χ2v) is 8.83. The van der Waals surface area contributed by atoms with Crippen LogP contribution in [0.15, 0.2) is 54.7 Å². The number of pyridine rings is 1. The van der Waals surface area contributed by atoms with E-state index in [1.165, 1.54) is 0 Å². The van der Waals surface area contributed by atoms with Crippen LogP contribution in [0.25, 0.3) is 0 Å². The second-order valence-electron chi connectivity index (χ2n) is 8.40. The number of urea groups is 1. The number of Topliss-reactive ketones (excluding diaryl/α,β-unsaturated/α-hetero) is 1. The van der Waals surface area contributed by atoms with Crippen LogP contribution >= 0.6 is 11.6 Å². The first-order chi connectivity index (χ1) is 15.7. The molecule has 4 rings (SSSR count). The molecule has 1 aromatic carbocycles. The Morgan fingerprint density at radius 1 is 1.12 bits per heavy atom. The van der Waals surface area contributed by atoms with Crippen molar-refractivity contribution in [2.24, 2.45) is 0 Å². The van der Waals surface area contributed by atoms with Crippen LogP contribution in [0.1, 0.15) is 39.9 Å². The molecule has 1 N–H and O–H groups in total. The minimum absolute atomic E-state index is 0.283. The highest BCUT2D eigenvalue weighted by Gasteiger charge is 2.50. The number of aromatic nitrogens is 2. The average Bonchev–Trinajstić information content (AvgIpc) is 3.21. The lowest BCUT2D eigenvalue weighted by molar-refractivity contribution is -0.130. The third-order valence-electron chi connectivity index (χ3n) is 6.17. The highest BCUT2D eigenvalue weighted by Crippen LogP contribution is 2.28. The summed E-state index contributed by atoms with van der Waals surface area (Å²) in [6.07, 6.45) is 2.35. The molecule has 170 valence electrons. The van der Waals surface area contributed by atoms with Gasteiger partial charge in [0.25, 0.3) is 5.91 Å². The lowest BCUT2D eigenvalue weighted by atomic mass is 9.97. The van der Waals surface area contributed by atoms with Gasteiger partial charge in [-0.1, -0.05) is 29.8 Å². The summed E-state index contributed by atoms with van der Waals surface area (Å²) in [5.74, 6) is -0.772. The van der Waals surface area contributed by atoms with E-state index in [0.717, 1.165) is 28.3 Å². The summed E-state index contributed by atoms with van der Waals surface area (Å²) in [6, 6.07) is 14.1. The molecule has 1 saturated heterocycles. The van der Waals surface area contributed by atoms with E-state index < -0.39 is 17.5 Å². The summed E-state index contributed by atoms with van der Waals surface area (Å²) in [4.78, 5) is 44.0. The van der Waals surface area contributed by atoms with Crippen LogP contribution in [0.5, 0.6) is 0 Å². The third-order valence-corrected chi connectivity index (χ3v) is 6.42. The van der Waals surface area contributed by atoms with Crippen LogP contribution < -0.4 is 5.32 Å². The van der Waals surface area contributed by atoms with Crippen LogP contribution in [-0.2, 0) is 23.3 Å². The molecule has 2 aromatic heterocycles. The van der Waals surface area contributed by atoms with Crippen LogP contribution in [0.4, 0.5) is 4.79 Å². The zero-order valence-electron chi connectivity index (χ0n) is 18.8. The molecule has 0 radical (unpaired) electrons. The molecule has 3 amide bonds. The number of halogens is 1. The average molecular weight is 465 g/mol. The van der Waals surface area contributed by atoms with Crippen LogP contribution in [0.2, 0.25) is 5.02 Å². The van der Waals surface area contributed by atoms with Gasteiger partial charge < -0.3 is 9.88 Å². The molecule has 0 bridgehead atoms. The molecular weight excluding hydrogens is 440 g/mol. The third kappa shape index (κ3) is 4.28. The van der Waals surface area contributed by atoms with Crippen molar-refractivity contribution >= 4 is 29.3 Å². The highest BCUT2D eigenvalue weighted by atomic mass is 35.5. The van der Waals surface area contributed by atoms with Gasteiger partial charge in [-0.15, -0.1) is 0 Å². The lowest BCUT2D eigenvalue weighted by Crippen LogP contribution is -2.42. The van der Waals surface area contributed by atoms with Crippen molar-refractivity contribution in [3.63, 3.8) is 0 Å². The monoisotopic (exact) mass is 464 g/mol. The predicted molar refractivity (Wildman–Crippen MR) is 125 cm³/mol. The maximum atomic E-state index is 13.1. The Morgan fingerprint density at radius 3 is 2.52 bits per heavy atom. The summed E-state index contributed by atoms with van der Waals surface area (Å²) in [7, 11) is 0. The Bertz CT molecular complexity index is 1220. The first-order valence-corrected chi connectivity index (χ1v) is 11.1. The SMILES string of the molecule is Cc1cc(C(=O)CN2C(=O)NC(C)(c3ccccn3)C2=O)c(C)n1CCc1ccc(Cl)cc1. The van der Waals surface area contributed by atoms with Crippen molar-refractivity contribution in [2.45, 2.75) is 39.3 Å². The molecule has 33 heavy (non-hydrogen) atoms. The predicted octanol–water partition coefficient (Wildman–Crippen LogP) is 4.05. The Labute approximate surface area is 197 Å². The van der Waals surface area contributed by atoms with E-state index >= 15 is 0 Å². The molecule has 0 saturated carbocycles. The number of hydrogen-bond acceptors (Lipinski definition) is 4. The van der Waals surface area contributed by atoms with E-state index in [0.29, 0.717) is 22.8 Å². The largest absolute Gasteiger partial charge is 0.348 e. The summed E-state index contributed by atoms with van der Waals surface area (Å²) in [5.41, 5.74) is 2.54. The minimum atomic E-state index is -1.30. The Kier molecular flexibility index (Phi) is 6.08. The number of aryl methyl sites for hydroxylation is 2. The van der Waals surface area contributed by atoms with Gasteiger partial charge in [-0.05, 0) is 63.1 Å². The molecule has 0 aliphatic carbocycles. The molecule has 8 heteroatoms. The molecule has 3 heterocycles. The number of nitrogens with zero attached hydrogens (tertiary/aromatic N) is 3. The molecule has 1 unspecified atom stereocenters. The molecule has 3 aromatic rings. The van der Waals surface area contributed by atoms with Crippen molar-refractivity contribution in [3.05, 3.63) is 88.0 Å². The van der Waals surface area contributed by atoms with E-state index in [4.69, 9.17) is 11.6 Å². The maximum Gasteiger partial charge on any atom is 0.325 e. The minimum Gasteiger partial charge on any atom is -0.348 e. The van der Waals surface area contributed by atoms with E-state index in [1.54, 1.807) is 31.3 Å². The van der Waals surface area contributed by atoms with Crippen LogP contribution in [0, 0.1) is 13.8 Å². The van der Waals surface area contributed by atoms with Gasteiger partial charge in [-0.3, -0.25) is 19.5 Å². The molecule has 1 fully saturated rings. The summed E-state index contributed by atoms with van der Waals surface area (Å²) < 4.78 is 2.08. The molecule has 1 atom stereocenters. The van der Waals surface area contributed by atoms with Crippen LogP contribution in [0.3, 0.4) is 0 Å². The summed E-state index contributed by atoms with van der Waals surface area (Å²) in [6.45, 7) is 5.80. The summed E-state index contributed by atoms with van der Waals surface area (Å²) >= 11 is 5.96. The normalized spacial score (nSPS) is 18.0. The van der Waals surface area contributed by atoms with Crippen molar-refractivity contribution in [2.75, 3.05) is 6.54 Å². The van der Waals surface area contributed by atoms with Gasteiger partial charge in [0.05, 0.1) is 12.2 Å². The molecule has 1 aliphatic rings. The number of rotatable bonds is 7. The Balaban J connectivity index is 1.49. The van der Waals surface area contributed by atoms with Gasteiger partial charge in [0.15, 0.2) is 11.3 Å². The van der Waals surface area contributed by atoms with E-state index in [-0.39, 0.29) is 12.3 Å². The van der Waals surface area contributed by atoms with E-state index in [2.05, 4.69) is 14.9 Å². The fourth-order valence-electron chi connectivity index (χ4n) is 4.22. The molecular formula is C25H25ClN4O3. The summed E-state index contributed by atoms with van der Waals surface area (Å²) in [5, 5.41) is 3.38. The van der Waals surface area contributed by atoms with Crippen molar-refractivity contribution in [1.29, 1.82) is 0 Å². The standard InChI is InChI=1S/C25H25ClN4O3/c1-16-14-20(17(2)29(16)13-11-18-7-9-19(26)10-8-18)21(31)15-30-23(32)25(3,28-24(30)33)22-6-4-5-12-27-22/h4-10,12,14H,11,13,15H2,1-3H3,(H,28,33). The number of nitrogens with one attached hydrogen (secondary N) is 1. The van der Waals surface area contributed by atoms with E-state index in [1.807, 2.05) is 44.2 Å². The highest BCUT2D eigenvalue weighted by molar-refractivity contribution is 6.30. The number of benzene rings is 1. The maximum absolute atomic E-state index is 13.1. The number of carbonyl (C=O) groups is 3.